The number of methoxy groups -OCH3 is 1. The number of likely N-dealkylation sites (tertiary alicyclic amines) is 1. The maximum absolute atomic E-state index is 12.4. The van der Waals surface area contributed by atoms with E-state index < -0.39 is 0 Å². The van der Waals surface area contributed by atoms with Crippen LogP contribution >= 0.6 is 11.8 Å². The number of carbonyl (C=O) groups excluding carboxylic acids is 2. The highest BCUT2D eigenvalue weighted by atomic mass is 32.2. The van der Waals surface area contributed by atoms with Crippen molar-refractivity contribution in [3.05, 3.63) is 29.8 Å². The van der Waals surface area contributed by atoms with Crippen LogP contribution in [-0.4, -0.2) is 66.5 Å². The van der Waals surface area contributed by atoms with Crippen molar-refractivity contribution in [3.63, 3.8) is 0 Å². The van der Waals surface area contributed by atoms with Crippen LogP contribution in [0.25, 0.3) is 0 Å². The van der Waals surface area contributed by atoms with Crippen LogP contribution in [0.15, 0.2) is 24.3 Å². The molecule has 142 valence electrons. The molecule has 3 rings (SSSR count). The fraction of sp³-hybridized carbons (Fsp3) is 0.579. The Morgan fingerprint density at radius 2 is 2.04 bits per heavy atom. The van der Waals surface area contributed by atoms with Crippen LogP contribution in [0.4, 0.5) is 0 Å². The highest BCUT2D eigenvalue weighted by molar-refractivity contribution is 8.00. The minimum Gasteiger partial charge on any atom is -0.496 e. The molecule has 2 amide bonds. The van der Waals surface area contributed by atoms with E-state index in [0.29, 0.717) is 18.2 Å². The van der Waals surface area contributed by atoms with Gasteiger partial charge in [-0.05, 0) is 32.0 Å². The van der Waals surface area contributed by atoms with Gasteiger partial charge in [0, 0.05) is 12.1 Å². The van der Waals surface area contributed by atoms with Gasteiger partial charge < -0.3 is 15.0 Å². The summed E-state index contributed by atoms with van der Waals surface area (Å²) >= 11 is 1.55. The van der Waals surface area contributed by atoms with Gasteiger partial charge in [-0.1, -0.05) is 24.6 Å². The second-order valence-corrected chi connectivity index (χ2v) is 7.68. The van der Waals surface area contributed by atoms with E-state index in [-0.39, 0.29) is 24.4 Å². The normalized spacial score (nSPS) is 19.4. The van der Waals surface area contributed by atoms with Gasteiger partial charge in [0.2, 0.25) is 11.8 Å². The first-order valence-electron chi connectivity index (χ1n) is 9.18. The molecule has 7 heteroatoms. The summed E-state index contributed by atoms with van der Waals surface area (Å²) < 4.78 is 5.55. The zero-order valence-electron chi connectivity index (χ0n) is 15.3. The Balaban J connectivity index is 1.67. The summed E-state index contributed by atoms with van der Waals surface area (Å²) in [7, 11) is 1.68. The van der Waals surface area contributed by atoms with Crippen LogP contribution in [-0.2, 0) is 9.59 Å². The standard InChI is InChI=1S/C19H27N3O3S/c1-25-17-8-4-3-7-15(17)16(21-9-5-2-6-10-21)11-20-18(23)12-22-14-26-13-19(22)24/h3-4,7-8,16H,2,5-6,9-14H2,1H3,(H,20,23). The SMILES string of the molecule is COc1ccccc1C(CNC(=O)CN1CSCC1=O)N1CCCCC1. The molecule has 2 fully saturated rings. The van der Waals surface area contributed by atoms with Crippen LogP contribution in [0.2, 0.25) is 0 Å². The molecule has 0 bridgehead atoms. The molecule has 1 N–H and O–H groups in total. The van der Waals surface area contributed by atoms with Gasteiger partial charge in [0.1, 0.15) is 12.3 Å². The molecule has 1 aromatic rings. The smallest absolute Gasteiger partial charge is 0.239 e. The lowest BCUT2D eigenvalue weighted by Gasteiger charge is -2.35. The molecule has 1 aromatic carbocycles. The van der Waals surface area contributed by atoms with E-state index in [1.165, 1.54) is 19.3 Å². The Morgan fingerprint density at radius 3 is 2.73 bits per heavy atom. The molecular formula is C19H27N3O3S. The summed E-state index contributed by atoms with van der Waals surface area (Å²) in [4.78, 5) is 28.1. The molecule has 0 aliphatic carbocycles. The number of benzene rings is 1. The molecule has 2 aliphatic rings. The average Bonchev–Trinajstić information content (AvgIpc) is 3.07. The number of amides is 2. The molecule has 2 saturated heterocycles. The fourth-order valence-electron chi connectivity index (χ4n) is 3.59. The van der Waals surface area contributed by atoms with Gasteiger partial charge in [0.25, 0.3) is 0 Å². The average molecular weight is 378 g/mol. The first kappa shape index (κ1) is 19.0. The lowest BCUT2D eigenvalue weighted by Crippen LogP contribution is -2.44. The highest BCUT2D eigenvalue weighted by Gasteiger charge is 2.27. The topological polar surface area (TPSA) is 61.9 Å². The van der Waals surface area contributed by atoms with Gasteiger partial charge in [-0.25, -0.2) is 0 Å². The van der Waals surface area contributed by atoms with Crippen LogP contribution in [0.1, 0.15) is 30.9 Å². The first-order valence-corrected chi connectivity index (χ1v) is 10.3. The summed E-state index contributed by atoms with van der Waals surface area (Å²) in [5, 5.41) is 3.04. The van der Waals surface area contributed by atoms with Crippen LogP contribution in [0.3, 0.4) is 0 Å². The van der Waals surface area contributed by atoms with Crippen molar-refractivity contribution in [3.8, 4) is 5.75 Å². The van der Waals surface area contributed by atoms with Crippen molar-refractivity contribution >= 4 is 23.6 Å². The largest absolute Gasteiger partial charge is 0.496 e. The minimum absolute atomic E-state index is 0.0439. The molecule has 0 spiro atoms. The van der Waals surface area contributed by atoms with Crippen LogP contribution in [0.5, 0.6) is 5.75 Å². The zero-order valence-corrected chi connectivity index (χ0v) is 16.1. The second-order valence-electron chi connectivity index (χ2n) is 6.73. The molecule has 6 nitrogen and oxygen atoms in total. The third-order valence-corrected chi connectivity index (χ3v) is 5.93. The third-order valence-electron chi connectivity index (χ3n) is 4.98. The monoisotopic (exact) mass is 377 g/mol. The maximum atomic E-state index is 12.4. The Morgan fingerprint density at radius 1 is 1.27 bits per heavy atom. The van der Waals surface area contributed by atoms with Crippen molar-refractivity contribution in [2.45, 2.75) is 25.3 Å². The summed E-state index contributed by atoms with van der Waals surface area (Å²) in [5.74, 6) is 1.88. The second kappa shape index (κ2) is 9.28. The number of nitrogens with one attached hydrogen (secondary N) is 1. The molecule has 2 heterocycles. The van der Waals surface area contributed by atoms with Crippen molar-refractivity contribution in [1.82, 2.24) is 15.1 Å². The Labute approximate surface area is 159 Å². The van der Waals surface area contributed by atoms with Crippen molar-refractivity contribution in [2.75, 3.05) is 44.9 Å². The number of carbonyl (C=O) groups is 2. The summed E-state index contributed by atoms with van der Waals surface area (Å²) in [6.45, 7) is 2.72. The molecule has 0 aromatic heterocycles. The number of hydrogen-bond donors (Lipinski definition) is 1. The third kappa shape index (κ3) is 4.71. The van der Waals surface area contributed by atoms with E-state index in [1.807, 2.05) is 18.2 Å². The molecule has 2 aliphatic heterocycles. The Bertz CT molecular complexity index is 634. The number of piperidine rings is 1. The van der Waals surface area contributed by atoms with Gasteiger partial charge in [0.15, 0.2) is 0 Å². The summed E-state index contributed by atoms with van der Waals surface area (Å²) in [5.41, 5.74) is 1.10. The molecule has 1 atom stereocenters. The van der Waals surface area contributed by atoms with Crippen molar-refractivity contribution < 1.29 is 14.3 Å². The Hall–Kier alpha value is -1.73. The van der Waals surface area contributed by atoms with Gasteiger partial charge in [-0.3, -0.25) is 14.5 Å². The van der Waals surface area contributed by atoms with E-state index in [9.17, 15) is 9.59 Å². The Kier molecular flexibility index (Phi) is 6.80. The van der Waals surface area contributed by atoms with Crippen LogP contribution in [0, 0.1) is 0 Å². The summed E-state index contributed by atoms with van der Waals surface area (Å²) in [6, 6.07) is 8.10. The number of nitrogens with zero attached hydrogens (tertiary/aromatic N) is 2. The molecule has 0 saturated carbocycles. The lowest BCUT2D eigenvalue weighted by molar-refractivity contribution is -0.132. The zero-order chi connectivity index (χ0) is 18.4. The van der Waals surface area contributed by atoms with E-state index in [0.717, 1.165) is 24.4 Å². The van der Waals surface area contributed by atoms with Gasteiger partial charge in [-0.15, -0.1) is 11.8 Å². The molecule has 0 radical (unpaired) electrons. The van der Waals surface area contributed by atoms with Gasteiger partial charge >= 0.3 is 0 Å². The number of para-hydroxylation sites is 1. The van der Waals surface area contributed by atoms with E-state index in [2.05, 4.69) is 16.3 Å². The lowest BCUT2D eigenvalue weighted by atomic mass is 10.0. The summed E-state index contributed by atoms with van der Waals surface area (Å²) in [6.07, 6.45) is 3.62. The molecule has 26 heavy (non-hydrogen) atoms. The van der Waals surface area contributed by atoms with Gasteiger partial charge in [0.05, 0.1) is 24.8 Å². The fourth-order valence-corrected chi connectivity index (χ4v) is 4.49. The first-order chi connectivity index (χ1) is 12.7. The number of rotatable bonds is 7. The molecular weight excluding hydrogens is 350 g/mol. The number of thioether (sulfide) groups is 1. The van der Waals surface area contributed by atoms with E-state index in [1.54, 1.807) is 23.8 Å². The predicted octanol–water partition coefficient (Wildman–Crippen LogP) is 1.87. The molecule has 1 unspecified atom stereocenters. The van der Waals surface area contributed by atoms with Crippen molar-refractivity contribution in [2.24, 2.45) is 0 Å². The highest BCUT2D eigenvalue weighted by Crippen LogP contribution is 2.30. The van der Waals surface area contributed by atoms with Crippen molar-refractivity contribution in [1.29, 1.82) is 0 Å². The minimum atomic E-state index is -0.0993. The van der Waals surface area contributed by atoms with E-state index in [4.69, 9.17) is 4.74 Å². The van der Waals surface area contributed by atoms with Gasteiger partial charge in [-0.2, -0.15) is 0 Å². The maximum Gasteiger partial charge on any atom is 0.239 e. The quantitative estimate of drug-likeness (QED) is 0.786. The van der Waals surface area contributed by atoms with Crippen LogP contribution < -0.4 is 10.1 Å². The number of hydrogen-bond acceptors (Lipinski definition) is 5. The predicted molar refractivity (Wildman–Crippen MR) is 103 cm³/mol. The van der Waals surface area contributed by atoms with E-state index >= 15 is 0 Å². The number of ether oxygens (including phenoxy) is 1.